The van der Waals surface area contributed by atoms with Crippen LogP contribution in [0.3, 0.4) is 0 Å². The molecule has 24 heavy (non-hydrogen) atoms. The minimum Gasteiger partial charge on any atom is -0.493 e. The van der Waals surface area contributed by atoms with Gasteiger partial charge in [0.1, 0.15) is 11.5 Å². The molecule has 124 valence electrons. The number of carbonyl (C=O) groups excluding carboxylic acids is 1. The first-order valence-corrected chi connectivity index (χ1v) is 7.38. The summed E-state index contributed by atoms with van der Waals surface area (Å²) in [6.45, 7) is 0.317. The molecule has 0 saturated heterocycles. The van der Waals surface area contributed by atoms with Crippen LogP contribution in [0.2, 0.25) is 0 Å². The van der Waals surface area contributed by atoms with Crippen molar-refractivity contribution in [1.29, 1.82) is 0 Å². The van der Waals surface area contributed by atoms with Crippen LogP contribution in [0.1, 0.15) is 16.1 Å². The van der Waals surface area contributed by atoms with Crippen molar-refractivity contribution >= 4 is 16.8 Å². The van der Waals surface area contributed by atoms with Gasteiger partial charge in [-0.15, -0.1) is 0 Å². The van der Waals surface area contributed by atoms with Crippen LogP contribution < -0.4 is 14.8 Å². The highest BCUT2D eigenvalue weighted by atomic mass is 19.1. The minimum absolute atomic E-state index is 0.305. The lowest BCUT2D eigenvalue weighted by Gasteiger charge is -2.10. The predicted molar refractivity (Wildman–Crippen MR) is 89.0 cm³/mol. The summed E-state index contributed by atoms with van der Waals surface area (Å²) in [7, 11) is 3.12. The molecule has 6 heteroatoms. The quantitative estimate of drug-likeness (QED) is 0.756. The molecule has 0 saturated carbocycles. The van der Waals surface area contributed by atoms with E-state index in [2.05, 4.69) is 10.3 Å². The van der Waals surface area contributed by atoms with Gasteiger partial charge in [0.05, 0.1) is 14.2 Å². The van der Waals surface area contributed by atoms with Gasteiger partial charge in [0.15, 0.2) is 11.5 Å². The Kier molecular flexibility index (Phi) is 4.37. The van der Waals surface area contributed by atoms with Crippen molar-refractivity contribution in [2.45, 2.75) is 6.54 Å². The van der Waals surface area contributed by atoms with Crippen molar-refractivity contribution in [3.8, 4) is 11.5 Å². The van der Waals surface area contributed by atoms with Crippen LogP contribution in [0.15, 0.2) is 42.5 Å². The smallest absolute Gasteiger partial charge is 0.267 e. The first kappa shape index (κ1) is 15.9. The second-order valence-corrected chi connectivity index (χ2v) is 5.26. The number of nitrogens with one attached hydrogen (secondary N) is 2. The van der Waals surface area contributed by atoms with Crippen LogP contribution in [-0.4, -0.2) is 25.1 Å². The van der Waals surface area contributed by atoms with Gasteiger partial charge in [0, 0.05) is 17.4 Å². The van der Waals surface area contributed by atoms with Crippen LogP contribution >= 0.6 is 0 Å². The Hall–Kier alpha value is -3.02. The Morgan fingerprint density at radius 1 is 1.12 bits per heavy atom. The number of benzene rings is 2. The highest BCUT2D eigenvalue weighted by Crippen LogP contribution is 2.27. The molecule has 0 unspecified atom stereocenters. The predicted octanol–water partition coefficient (Wildman–Crippen LogP) is 3.25. The molecular formula is C18H17FN2O3. The number of carbonyl (C=O) groups is 1. The molecule has 5 nitrogen and oxygen atoms in total. The van der Waals surface area contributed by atoms with Crippen LogP contribution in [0.25, 0.3) is 10.9 Å². The van der Waals surface area contributed by atoms with E-state index in [4.69, 9.17) is 9.47 Å². The van der Waals surface area contributed by atoms with E-state index in [1.807, 2.05) is 6.07 Å². The number of fused-ring (bicyclic) bond motifs is 1. The standard InChI is InChI=1S/C18H17FN2O3/c1-23-16-7-6-11(8-17(16)24-2)10-20-18(22)15-9-12-13(19)4-3-5-14(12)21-15/h3-9,21H,10H2,1-2H3,(H,20,22). The first-order valence-electron chi connectivity index (χ1n) is 7.38. The van der Waals surface area contributed by atoms with Crippen molar-refractivity contribution in [3.05, 3.63) is 59.5 Å². The third-order valence-corrected chi connectivity index (χ3v) is 3.76. The van der Waals surface area contributed by atoms with E-state index in [0.717, 1.165) is 5.56 Å². The lowest BCUT2D eigenvalue weighted by Crippen LogP contribution is -2.23. The molecule has 0 aliphatic carbocycles. The topological polar surface area (TPSA) is 63.3 Å². The molecule has 0 aliphatic heterocycles. The Morgan fingerprint density at radius 3 is 2.62 bits per heavy atom. The maximum Gasteiger partial charge on any atom is 0.267 e. The van der Waals surface area contributed by atoms with Crippen molar-refractivity contribution in [3.63, 3.8) is 0 Å². The molecular weight excluding hydrogens is 311 g/mol. The van der Waals surface area contributed by atoms with E-state index in [-0.39, 0.29) is 11.7 Å². The zero-order chi connectivity index (χ0) is 17.1. The summed E-state index contributed by atoms with van der Waals surface area (Å²) < 4.78 is 24.1. The maximum atomic E-state index is 13.7. The Balaban J connectivity index is 1.74. The molecule has 1 heterocycles. The van der Waals surface area contributed by atoms with Gasteiger partial charge in [-0.2, -0.15) is 0 Å². The number of amides is 1. The third kappa shape index (κ3) is 3.03. The summed E-state index contributed by atoms with van der Waals surface area (Å²) in [4.78, 5) is 15.2. The molecule has 0 aliphatic rings. The van der Waals surface area contributed by atoms with Crippen LogP contribution in [0, 0.1) is 5.82 Å². The zero-order valence-corrected chi connectivity index (χ0v) is 13.4. The molecule has 1 amide bonds. The summed E-state index contributed by atoms with van der Waals surface area (Å²) in [5, 5.41) is 3.19. The SMILES string of the molecule is COc1ccc(CNC(=O)c2cc3c(F)cccc3[nH]2)cc1OC. The number of hydrogen-bond donors (Lipinski definition) is 2. The zero-order valence-electron chi connectivity index (χ0n) is 13.4. The highest BCUT2D eigenvalue weighted by Gasteiger charge is 2.12. The van der Waals surface area contributed by atoms with Crippen molar-refractivity contribution in [1.82, 2.24) is 10.3 Å². The summed E-state index contributed by atoms with van der Waals surface area (Å²) in [6.07, 6.45) is 0. The average molecular weight is 328 g/mol. The Morgan fingerprint density at radius 2 is 1.92 bits per heavy atom. The number of H-pyrrole nitrogens is 1. The number of aromatic amines is 1. The molecule has 0 radical (unpaired) electrons. The van der Waals surface area contributed by atoms with E-state index >= 15 is 0 Å². The van der Waals surface area contributed by atoms with E-state index in [1.54, 1.807) is 38.5 Å². The normalized spacial score (nSPS) is 10.6. The van der Waals surface area contributed by atoms with Crippen LogP contribution in [-0.2, 0) is 6.54 Å². The van der Waals surface area contributed by atoms with E-state index < -0.39 is 0 Å². The lowest BCUT2D eigenvalue weighted by atomic mass is 10.2. The molecule has 2 aromatic carbocycles. The number of ether oxygens (including phenoxy) is 2. The summed E-state index contributed by atoms with van der Waals surface area (Å²) in [5.41, 5.74) is 1.77. The van der Waals surface area contributed by atoms with Crippen molar-refractivity contribution < 1.29 is 18.7 Å². The Bertz CT molecular complexity index is 889. The van der Waals surface area contributed by atoms with Crippen LogP contribution in [0.4, 0.5) is 4.39 Å². The van der Waals surface area contributed by atoms with E-state index in [9.17, 15) is 9.18 Å². The molecule has 0 bridgehead atoms. The number of halogens is 1. The average Bonchev–Trinajstić information content (AvgIpc) is 3.05. The van der Waals surface area contributed by atoms with Gasteiger partial charge in [-0.1, -0.05) is 12.1 Å². The van der Waals surface area contributed by atoms with Gasteiger partial charge in [-0.05, 0) is 35.9 Å². The number of hydrogen-bond acceptors (Lipinski definition) is 3. The summed E-state index contributed by atoms with van der Waals surface area (Å²) >= 11 is 0. The van der Waals surface area contributed by atoms with E-state index in [0.29, 0.717) is 34.6 Å². The molecule has 1 aromatic heterocycles. The molecule has 0 fully saturated rings. The van der Waals surface area contributed by atoms with Crippen molar-refractivity contribution in [2.75, 3.05) is 14.2 Å². The van der Waals surface area contributed by atoms with Crippen molar-refractivity contribution in [2.24, 2.45) is 0 Å². The molecule has 0 spiro atoms. The molecule has 3 aromatic rings. The summed E-state index contributed by atoms with van der Waals surface area (Å²) in [6, 6.07) is 11.6. The maximum absolute atomic E-state index is 13.7. The number of rotatable bonds is 5. The largest absolute Gasteiger partial charge is 0.493 e. The fourth-order valence-corrected chi connectivity index (χ4v) is 2.51. The van der Waals surface area contributed by atoms with Gasteiger partial charge in [-0.25, -0.2) is 4.39 Å². The fourth-order valence-electron chi connectivity index (χ4n) is 2.51. The number of methoxy groups -OCH3 is 2. The second-order valence-electron chi connectivity index (χ2n) is 5.26. The van der Waals surface area contributed by atoms with Crippen LogP contribution in [0.5, 0.6) is 11.5 Å². The fraction of sp³-hybridized carbons (Fsp3) is 0.167. The Labute approximate surface area is 138 Å². The van der Waals surface area contributed by atoms with Gasteiger partial charge >= 0.3 is 0 Å². The van der Waals surface area contributed by atoms with Gasteiger partial charge < -0.3 is 19.8 Å². The molecule has 3 rings (SSSR count). The molecule has 2 N–H and O–H groups in total. The minimum atomic E-state index is -0.359. The van der Waals surface area contributed by atoms with Gasteiger partial charge in [0.25, 0.3) is 5.91 Å². The lowest BCUT2D eigenvalue weighted by molar-refractivity contribution is 0.0946. The second kappa shape index (κ2) is 6.62. The third-order valence-electron chi connectivity index (χ3n) is 3.76. The van der Waals surface area contributed by atoms with E-state index in [1.165, 1.54) is 12.1 Å². The first-order chi connectivity index (χ1) is 11.6. The summed E-state index contributed by atoms with van der Waals surface area (Å²) in [5.74, 6) is 0.554. The highest BCUT2D eigenvalue weighted by molar-refractivity contribution is 5.98. The molecule has 0 atom stereocenters. The number of aromatic nitrogens is 1. The van der Waals surface area contributed by atoms with Gasteiger partial charge in [0.2, 0.25) is 0 Å². The monoisotopic (exact) mass is 328 g/mol. The van der Waals surface area contributed by atoms with Gasteiger partial charge in [-0.3, -0.25) is 4.79 Å².